The summed E-state index contributed by atoms with van der Waals surface area (Å²) in [5, 5.41) is 16.0. The van der Waals surface area contributed by atoms with Gasteiger partial charge in [0.2, 0.25) is 4.96 Å². The number of carbonyl (C=O) groups is 1. The molecule has 0 atom stereocenters. The monoisotopic (exact) mass is 379 g/mol. The van der Waals surface area contributed by atoms with E-state index in [4.69, 9.17) is 4.74 Å². The second-order valence-corrected chi connectivity index (χ2v) is 7.15. The maximum absolute atomic E-state index is 12.6. The van der Waals surface area contributed by atoms with E-state index in [2.05, 4.69) is 20.6 Å². The lowest BCUT2D eigenvalue weighted by Gasteiger charge is -2.11. The van der Waals surface area contributed by atoms with Gasteiger partial charge in [0.25, 0.3) is 5.91 Å². The Balaban J connectivity index is 1.54. The van der Waals surface area contributed by atoms with Crippen LogP contribution in [0.15, 0.2) is 54.9 Å². The number of anilines is 1. The Hall–Kier alpha value is -3.26. The molecule has 0 aliphatic carbocycles. The summed E-state index contributed by atoms with van der Waals surface area (Å²) in [6.45, 7) is 3.90. The van der Waals surface area contributed by atoms with Crippen LogP contribution >= 0.6 is 11.3 Å². The molecule has 2 heterocycles. The van der Waals surface area contributed by atoms with Crippen molar-refractivity contribution in [3.8, 4) is 16.3 Å². The predicted octanol–water partition coefficient (Wildman–Crippen LogP) is 3.89. The molecule has 0 bridgehead atoms. The van der Waals surface area contributed by atoms with E-state index in [0.29, 0.717) is 17.0 Å². The van der Waals surface area contributed by atoms with Crippen molar-refractivity contribution in [2.45, 2.75) is 20.0 Å². The third-order valence-corrected chi connectivity index (χ3v) is 4.68. The largest absolute Gasteiger partial charge is 0.491 e. The second-order valence-electron chi connectivity index (χ2n) is 6.19. The highest BCUT2D eigenvalue weighted by atomic mass is 32.1. The van der Waals surface area contributed by atoms with Crippen molar-refractivity contribution < 1.29 is 9.53 Å². The number of benzene rings is 2. The van der Waals surface area contributed by atoms with E-state index in [-0.39, 0.29) is 12.0 Å². The van der Waals surface area contributed by atoms with Crippen molar-refractivity contribution in [3.05, 3.63) is 60.4 Å². The van der Waals surface area contributed by atoms with Gasteiger partial charge in [-0.2, -0.15) is 9.61 Å². The number of hydrogen-bond acceptors (Lipinski definition) is 6. The van der Waals surface area contributed by atoms with Crippen molar-refractivity contribution in [1.29, 1.82) is 0 Å². The fourth-order valence-electron chi connectivity index (χ4n) is 2.59. The lowest BCUT2D eigenvalue weighted by atomic mass is 10.1. The molecule has 7 nitrogen and oxygen atoms in total. The zero-order valence-electron chi connectivity index (χ0n) is 14.8. The highest BCUT2D eigenvalue weighted by Crippen LogP contribution is 2.27. The first-order chi connectivity index (χ1) is 13.1. The molecule has 0 fully saturated rings. The minimum absolute atomic E-state index is 0.0505. The first-order valence-corrected chi connectivity index (χ1v) is 9.25. The summed E-state index contributed by atoms with van der Waals surface area (Å²) in [5.74, 6) is 0.477. The zero-order chi connectivity index (χ0) is 18.8. The van der Waals surface area contributed by atoms with Gasteiger partial charge in [-0.25, -0.2) is 0 Å². The molecule has 1 N–H and O–H groups in total. The minimum Gasteiger partial charge on any atom is -0.491 e. The van der Waals surface area contributed by atoms with Crippen molar-refractivity contribution in [1.82, 2.24) is 19.8 Å². The van der Waals surface area contributed by atoms with Gasteiger partial charge >= 0.3 is 0 Å². The maximum atomic E-state index is 12.6. The molecule has 0 saturated carbocycles. The third kappa shape index (κ3) is 3.80. The standard InChI is InChI=1S/C19H17N5O2S/c1-12(2)26-16-8-4-5-13(10-16)17(25)21-15-7-3-6-14(9-15)18-23-24-11-20-22-19(24)27-18/h3-12H,1-2H3,(H,21,25). The zero-order valence-corrected chi connectivity index (χ0v) is 15.6. The summed E-state index contributed by atoms with van der Waals surface area (Å²) < 4.78 is 7.28. The number of nitrogens with one attached hydrogen (secondary N) is 1. The molecular formula is C19H17N5O2S. The Morgan fingerprint density at radius 3 is 2.85 bits per heavy atom. The summed E-state index contributed by atoms with van der Waals surface area (Å²) in [5.41, 5.74) is 2.14. The highest BCUT2D eigenvalue weighted by molar-refractivity contribution is 7.19. The average molecular weight is 379 g/mol. The van der Waals surface area contributed by atoms with Crippen LogP contribution in [0, 0.1) is 0 Å². The van der Waals surface area contributed by atoms with Crippen LogP contribution in [0.3, 0.4) is 0 Å². The van der Waals surface area contributed by atoms with Gasteiger partial charge in [-0.1, -0.05) is 29.5 Å². The predicted molar refractivity (Wildman–Crippen MR) is 104 cm³/mol. The summed E-state index contributed by atoms with van der Waals surface area (Å²) in [6, 6.07) is 14.7. The van der Waals surface area contributed by atoms with Gasteiger partial charge in [0.15, 0.2) is 0 Å². The van der Waals surface area contributed by atoms with E-state index < -0.39 is 0 Å². The lowest BCUT2D eigenvalue weighted by Crippen LogP contribution is -2.12. The Bertz CT molecular complexity index is 1070. The van der Waals surface area contributed by atoms with Gasteiger partial charge in [0, 0.05) is 16.8 Å². The average Bonchev–Trinajstić information content (AvgIpc) is 3.23. The van der Waals surface area contributed by atoms with Crippen molar-refractivity contribution >= 4 is 27.9 Å². The second kappa shape index (κ2) is 7.16. The third-order valence-electron chi connectivity index (χ3n) is 3.72. The van der Waals surface area contributed by atoms with Gasteiger partial charge in [-0.15, -0.1) is 10.2 Å². The molecule has 2 aromatic heterocycles. The Labute approximate surface area is 159 Å². The smallest absolute Gasteiger partial charge is 0.255 e. The Morgan fingerprint density at radius 1 is 1.19 bits per heavy atom. The topological polar surface area (TPSA) is 81.4 Å². The van der Waals surface area contributed by atoms with E-state index in [1.54, 1.807) is 23.0 Å². The number of amides is 1. The molecule has 0 aliphatic heterocycles. The van der Waals surface area contributed by atoms with E-state index in [0.717, 1.165) is 15.5 Å². The molecule has 2 aromatic carbocycles. The summed E-state index contributed by atoms with van der Waals surface area (Å²) in [6.07, 6.45) is 1.61. The number of carbonyl (C=O) groups excluding carboxylic acids is 1. The van der Waals surface area contributed by atoms with Gasteiger partial charge in [0.05, 0.1) is 6.10 Å². The molecule has 0 radical (unpaired) electrons. The van der Waals surface area contributed by atoms with Crippen molar-refractivity contribution in [3.63, 3.8) is 0 Å². The normalized spacial score (nSPS) is 11.1. The van der Waals surface area contributed by atoms with Gasteiger partial charge in [-0.05, 0) is 44.2 Å². The van der Waals surface area contributed by atoms with Crippen molar-refractivity contribution in [2.24, 2.45) is 0 Å². The fraction of sp³-hybridized carbons (Fsp3) is 0.158. The van der Waals surface area contributed by atoms with Crippen LogP contribution in [0.2, 0.25) is 0 Å². The number of rotatable bonds is 5. The van der Waals surface area contributed by atoms with Crippen LogP contribution in [-0.2, 0) is 0 Å². The molecule has 0 unspecified atom stereocenters. The van der Waals surface area contributed by atoms with E-state index in [1.165, 1.54) is 11.3 Å². The summed E-state index contributed by atoms with van der Waals surface area (Å²) in [4.78, 5) is 13.3. The molecule has 4 rings (SSSR count). The molecule has 1 amide bonds. The van der Waals surface area contributed by atoms with Crippen LogP contribution in [0.25, 0.3) is 15.5 Å². The van der Waals surface area contributed by atoms with E-state index in [9.17, 15) is 4.79 Å². The number of hydrogen-bond donors (Lipinski definition) is 1. The molecule has 27 heavy (non-hydrogen) atoms. The van der Waals surface area contributed by atoms with E-state index >= 15 is 0 Å². The van der Waals surface area contributed by atoms with Crippen LogP contribution in [0.1, 0.15) is 24.2 Å². The maximum Gasteiger partial charge on any atom is 0.255 e. The van der Waals surface area contributed by atoms with Crippen LogP contribution < -0.4 is 10.1 Å². The first-order valence-electron chi connectivity index (χ1n) is 8.44. The minimum atomic E-state index is -0.195. The number of aromatic nitrogens is 4. The number of ether oxygens (including phenoxy) is 1. The van der Waals surface area contributed by atoms with Crippen LogP contribution in [0.4, 0.5) is 5.69 Å². The fourth-order valence-corrected chi connectivity index (χ4v) is 3.41. The Morgan fingerprint density at radius 2 is 2.04 bits per heavy atom. The number of fused-ring (bicyclic) bond motifs is 1. The molecule has 8 heteroatoms. The summed E-state index contributed by atoms with van der Waals surface area (Å²) in [7, 11) is 0. The van der Waals surface area contributed by atoms with Gasteiger partial charge in [-0.3, -0.25) is 4.79 Å². The Kier molecular flexibility index (Phi) is 4.55. The van der Waals surface area contributed by atoms with Gasteiger partial charge in [0.1, 0.15) is 17.1 Å². The number of nitrogens with zero attached hydrogens (tertiary/aromatic N) is 4. The van der Waals surface area contributed by atoms with E-state index in [1.807, 2.05) is 50.2 Å². The first kappa shape index (κ1) is 17.2. The molecular weight excluding hydrogens is 362 g/mol. The molecule has 0 aliphatic rings. The summed E-state index contributed by atoms with van der Waals surface area (Å²) >= 11 is 1.44. The molecule has 0 saturated heterocycles. The quantitative estimate of drug-likeness (QED) is 0.569. The van der Waals surface area contributed by atoms with Gasteiger partial charge < -0.3 is 10.1 Å². The van der Waals surface area contributed by atoms with Crippen molar-refractivity contribution in [2.75, 3.05) is 5.32 Å². The SMILES string of the molecule is CC(C)Oc1cccc(C(=O)Nc2cccc(-c3nn4cnnc4s3)c2)c1. The molecule has 136 valence electrons. The lowest BCUT2D eigenvalue weighted by molar-refractivity contribution is 0.102. The van der Waals surface area contributed by atoms with Crippen LogP contribution in [0.5, 0.6) is 5.75 Å². The molecule has 4 aromatic rings. The van der Waals surface area contributed by atoms with Crippen LogP contribution in [-0.4, -0.2) is 31.8 Å². The highest BCUT2D eigenvalue weighted by Gasteiger charge is 2.11. The molecule has 0 spiro atoms.